The standard InChI is InChI=1S/C31H37N7O6/c1-4-31(44-29(42)24(16(2)3)37-27(40)20(32)9-7-11-35-30(33)34)19-13-22-25-18(12-17-8-5-6-10-21(17)36-25)14-38(22)28(41)26(19)43-15-23(31)39/h5-6,8,10,12-13,16,20,24H,4,7,9,11,14-15,32H2,1-3H3,(H,37,40)(H4,33,34,35)/t20-,24+,31-/m0/s1. The first-order chi connectivity index (χ1) is 21.0. The Morgan fingerprint density at radius 3 is 2.66 bits per heavy atom. The molecule has 0 aliphatic carbocycles. The van der Waals surface area contributed by atoms with Crippen LogP contribution in [-0.2, 0) is 31.3 Å². The van der Waals surface area contributed by atoms with Crippen LogP contribution in [0.25, 0.3) is 22.3 Å². The third kappa shape index (κ3) is 5.50. The highest BCUT2D eigenvalue weighted by molar-refractivity contribution is 5.96. The normalized spacial score (nSPS) is 18.1. The van der Waals surface area contributed by atoms with E-state index in [1.54, 1.807) is 31.4 Å². The van der Waals surface area contributed by atoms with Crippen LogP contribution >= 0.6 is 0 Å². The molecule has 2 aromatic heterocycles. The smallest absolute Gasteiger partial charge is 0.330 e. The number of pyridine rings is 2. The molecule has 13 nitrogen and oxygen atoms in total. The lowest BCUT2D eigenvalue weighted by Crippen LogP contribution is -2.55. The molecule has 0 radical (unpaired) electrons. The number of fused-ring (bicyclic) bond motifs is 5. The van der Waals surface area contributed by atoms with Crippen LogP contribution in [0.4, 0.5) is 0 Å². The molecule has 0 spiro atoms. The zero-order valence-electron chi connectivity index (χ0n) is 25.0. The monoisotopic (exact) mass is 603 g/mol. The van der Waals surface area contributed by atoms with Crippen LogP contribution in [0, 0.1) is 5.92 Å². The van der Waals surface area contributed by atoms with Gasteiger partial charge in [-0.3, -0.25) is 23.9 Å². The number of para-hydroxylation sites is 1. The predicted molar refractivity (Wildman–Crippen MR) is 164 cm³/mol. The molecular weight excluding hydrogens is 566 g/mol. The van der Waals surface area contributed by atoms with Gasteiger partial charge in [0.05, 0.1) is 35.1 Å². The molecule has 13 heteroatoms. The van der Waals surface area contributed by atoms with E-state index in [2.05, 4.69) is 10.3 Å². The van der Waals surface area contributed by atoms with Gasteiger partial charge in [0.15, 0.2) is 18.3 Å². The fourth-order valence-corrected chi connectivity index (χ4v) is 5.71. The first-order valence-electron chi connectivity index (χ1n) is 14.6. The zero-order chi connectivity index (χ0) is 31.8. The van der Waals surface area contributed by atoms with Gasteiger partial charge in [0.2, 0.25) is 17.3 Å². The molecule has 0 saturated heterocycles. The van der Waals surface area contributed by atoms with Gasteiger partial charge < -0.3 is 32.0 Å². The molecule has 7 N–H and O–H groups in total. The molecule has 2 aliphatic rings. The number of amides is 1. The average Bonchev–Trinajstić information content (AvgIpc) is 3.35. The Kier molecular flexibility index (Phi) is 8.42. The van der Waals surface area contributed by atoms with E-state index < -0.39 is 53.4 Å². The van der Waals surface area contributed by atoms with Crippen LogP contribution in [0.5, 0.6) is 5.75 Å². The molecule has 3 atom stereocenters. The number of ketones is 1. The zero-order valence-corrected chi connectivity index (χ0v) is 25.0. The van der Waals surface area contributed by atoms with E-state index >= 15 is 0 Å². The lowest BCUT2D eigenvalue weighted by atomic mass is 9.84. The van der Waals surface area contributed by atoms with E-state index in [-0.39, 0.29) is 30.1 Å². The average molecular weight is 604 g/mol. The first-order valence-corrected chi connectivity index (χ1v) is 14.6. The van der Waals surface area contributed by atoms with Crippen molar-refractivity contribution in [3.05, 3.63) is 57.9 Å². The number of carbonyl (C=O) groups excluding carboxylic acids is 3. The van der Waals surface area contributed by atoms with Gasteiger partial charge in [0.25, 0.3) is 5.56 Å². The number of rotatable bonds is 10. The molecule has 232 valence electrons. The minimum absolute atomic E-state index is 0.0396. The summed E-state index contributed by atoms with van der Waals surface area (Å²) < 4.78 is 13.3. The number of nitrogens with two attached hydrogens (primary N) is 3. The quantitative estimate of drug-likeness (QED) is 0.0877. The molecule has 1 amide bonds. The number of nitrogens with one attached hydrogen (secondary N) is 1. The van der Waals surface area contributed by atoms with Gasteiger partial charge in [-0.25, -0.2) is 9.78 Å². The van der Waals surface area contributed by atoms with Crippen LogP contribution in [-0.4, -0.2) is 58.4 Å². The Balaban J connectivity index is 1.46. The topological polar surface area (TPSA) is 207 Å². The van der Waals surface area contributed by atoms with Crippen molar-refractivity contribution in [1.29, 1.82) is 0 Å². The molecule has 3 aromatic rings. The van der Waals surface area contributed by atoms with Gasteiger partial charge in [-0.15, -0.1) is 0 Å². The van der Waals surface area contributed by atoms with Crippen LogP contribution < -0.4 is 32.8 Å². The SMILES string of the molecule is CC[C@@]1(OC(=O)[C@H](NC(=O)[C@@H](N)CCCN=C(N)N)C(C)C)C(=O)COc2c1cc1n(c2=O)Cc2cc3ccccc3nc2-1. The number of hydrogen-bond donors (Lipinski definition) is 4. The summed E-state index contributed by atoms with van der Waals surface area (Å²) in [4.78, 5) is 62.6. The van der Waals surface area contributed by atoms with E-state index in [1.165, 1.54) is 0 Å². The summed E-state index contributed by atoms with van der Waals surface area (Å²) in [5.74, 6) is -2.40. The fraction of sp³-hybridized carbons (Fsp3) is 0.419. The first kappa shape index (κ1) is 30.7. The minimum Gasteiger partial charge on any atom is -0.479 e. The number of ether oxygens (including phenoxy) is 2. The van der Waals surface area contributed by atoms with Crippen LogP contribution in [0.2, 0.25) is 0 Å². The van der Waals surface area contributed by atoms with Crippen molar-refractivity contribution in [3.63, 3.8) is 0 Å². The third-order valence-electron chi connectivity index (χ3n) is 8.16. The molecule has 44 heavy (non-hydrogen) atoms. The van der Waals surface area contributed by atoms with Gasteiger partial charge in [-0.05, 0) is 43.4 Å². The molecule has 4 heterocycles. The fourth-order valence-electron chi connectivity index (χ4n) is 5.71. The van der Waals surface area contributed by atoms with Crippen molar-refractivity contribution in [2.45, 2.75) is 64.3 Å². The summed E-state index contributed by atoms with van der Waals surface area (Å²) in [6, 6.07) is 9.25. The highest BCUT2D eigenvalue weighted by Gasteiger charge is 2.50. The van der Waals surface area contributed by atoms with E-state index in [0.717, 1.165) is 16.5 Å². The Labute approximate surface area is 253 Å². The Hall–Kier alpha value is -4.78. The molecule has 2 aliphatic heterocycles. The highest BCUT2D eigenvalue weighted by Crippen LogP contribution is 2.43. The molecule has 1 aromatic carbocycles. The number of esters is 1. The molecule has 0 fully saturated rings. The number of hydrogen-bond acceptors (Lipinski definition) is 9. The van der Waals surface area contributed by atoms with Crippen LogP contribution in [0.1, 0.15) is 51.2 Å². The minimum atomic E-state index is -1.81. The second-order valence-corrected chi connectivity index (χ2v) is 11.5. The van der Waals surface area contributed by atoms with Crippen molar-refractivity contribution in [2.75, 3.05) is 13.2 Å². The summed E-state index contributed by atoms with van der Waals surface area (Å²) in [5.41, 5.74) is 17.4. The number of aromatic nitrogens is 2. The van der Waals surface area contributed by atoms with Gasteiger partial charge in [-0.2, -0.15) is 0 Å². The maximum absolute atomic E-state index is 13.7. The van der Waals surface area contributed by atoms with E-state index in [4.69, 9.17) is 31.7 Å². The van der Waals surface area contributed by atoms with Crippen LogP contribution in [0.3, 0.4) is 0 Å². The van der Waals surface area contributed by atoms with Crippen molar-refractivity contribution >= 4 is 34.5 Å². The second-order valence-electron chi connectivity index (χ2n) is 11.5. The molecule has 0 bridgehead atoms. The van der Waals surface area contributed by atoms with Crippen molar-refractivity contribution < 1.29 is 23.9 Å². The molecule has 0 unspecified atom stereocenters. The van der Waals surface area contributed by atoms with E-state index in [9.17, 15) is 19.2 Å². The van der Waals surface area contributed by atoms with Gasteiger partial charge >= 0.3 is 5.97 Å². The third-order valence-corrected chi connectivity index (χ3v) is 8.16. The summed E-state index contributed by atoms with van der Waals surface area (Å²) in [6.45, 7) is 5.32. The number of nitrogens with zero attached hydrogens (tertiary/aromatic N) is 3. The van der Waals surface area contributed by atoms with Gasteiger partial charge in [0.1, 0.15) is 6.04 Å². The lowest BCUT2D eigenvalue weighted by molar-refractivity contribution is -0.176. The number of carbonyl (C=O) groups is 3. The van der Waals surface area contributed by atoms with Gasteiger partial charge in [-0.1, -0.05) is 39.0 Å². The summed E-state index contributed by atoms with van der Waals surface area (Å²) in [6.07, 6.45) is 0.781. The molecule has 0 saturated carbocycles. The lowest BCUT2D eigenvalue weighted by Gasteiger charge is -2.37. The maximum atomic E-state index is 13.7. The number of aliphatic imine (C=N–C) groups is 1. The largest absolute Gasteiger partial charge is 0.479 e. The Morgan fingerprint density at radius 2 is 1.95 bits per heavy atom. The maximum Gasteiger partial charge on any atom is 0.330 e. The number of guanidine groups is 1. The van der Waals surface area contributed by atoms with Crippen molar-refractivity contribution in [3.8, 4) is 17.1 Å². The van der Waals surface area contributed by atoms with Gasteiger partial charge in [0, 0.05) is 17.5 Å². The predicted octanol–water partition coefficient (Wildman–Crippen LogP) is 1.06. The Bertz CT molecular complexity index is 1730. The number of benzene rings is 1. The van der Waals surface area contributed by atoms with E-state index in [0.29, 0.717) is 30.9 Å². The second kappa shape index (κ2) is 12.1. The molecule has 5 rings (SSSR count). The summed E-state index contributed by atoms with van der Waals surface area (Å²) in [7, 11) is 0. The van der Waals surface area contributed by atoms with Crippen molar-refractivity contribution in [1.82, 2.24) is 14.9 Å². The number of Topliss-reactive ketones (excluding diaryl/α,β-unsaturated/α-hetero) is 1. The summed E-state index contributed by atoms with van der Waals surface area (Å²) in [5, 5.41) is 3.62. The highest BCUT2D eigenvalue weighted by atomic mass is 16.6. The van der Waals surface area contributed by atoms with E-state index in [1.807, 2.05) is 30.3 Å². The Morgan fingerprint density at radius 1 is 1.20 bits per heavy atom. The molecular formula is C31H37N7O6. The van der Waals surface area contributed by atoms with Crippen molar-refractivity contribution in [2.24, 2.45) is 28.1 Å². The summed E-state index contributed by atoms with van der Waals surface area (Å²) >= 11 is 0. The van der Waals surface area contributed by atoms with Crippen LogP contribution in [0.15, 0.2) is 46.2 Å².